The number of hydrogen-bond acceptors (Lipinski definition) is 5. The van der Waals surface area contributed by atoms with Crippen LogP contribution in [0.15, 0.2) is 54.2 Å². The van der Waals surface area contributed by atoms with Crippen LogP contribution < -0.4 is 11.5 Å². The quantitative estimate of drug-likeness (QED) is 0.548. The van der Waals surface area contributed by atoms with Crippen molar-refractivity contribution in [2.24, 2.45) is 5.73 Å². The second-order valence-corrected chi connectivity index (χ2v) is 5.88. The molecule has 0 aliphatic rings. The van der Waals surface area contributed by atoms with Crippen molar-refractivity contribution in [1.29, 1.82) is 10.5 Å². The maximum Gasteiger partial charge on any atom is 0.211 e. The number of carbonyl (C=O) groups excluding carboxylic acids is 1. The molecule has 0 spiro atoms. The molecule has 0 aliphatic heterocycles. The summed E-state index contributed by atoms with van der Waals surface area (Å²) in [5.41, 5.74) is 13.5. The fourth-order valence-electron chi connectivity index (χ4n) is 2.75. The highest BCUT2D eigenvalue weighted by atomic mass is 35.5. The lowest BCUT2D eigenvalue weighted by Gasteiger charge is -2.04. The summed E-state index contributed by atoms with van der Waals surface area (Å²) in [5, 5.41) is 18.7. The molecule has 6 nitrogen and oxygen atoms in total. The molecule has 0 atom stereocenters. The largest absolute Gasteiger partial charge is 0.396 e. The number of fused-ring (bicyclic) bond motifs is 1. The molecule has 2 aromatic heterocycles. The molecule has 1 aromatic carbocycles. The number of halogens is 1. The van der Waals surface area contributed by atoms with Crippen LogP contribution in [0.3, 0.4) is 0 Å². The summed E-state index contributed by atoms with van der Waals surface area (Å²) in [7, 11) is 0. The van der Waals surface area contributed by atoms with Gasteiger partial charge in [0.25, 0.3) is 0 Å². The van der Waals surface area contributed by atoms with E-state index in [1.165, 1.54) is 0 Å². The number of aromatic nitrogens is 1. The highest BCUT2D eigenvalue weighted by Crippen LogP contribution is 2.32. The van der Waals surface area contributed by atoms with E-state index < -0.39 is 0 Å². The number of nitrogen functional groups attached to an aromatic ring is 1. The van der Waals surface area contributed by atoms with Gasteiger partial charge in [0.15, 0.2) is 5.57 Å². The molecule has 0 saturated heterocycles. The molecule has 4 N–H and O–H groups in total. The van der Waals surface area contributed by atoms with E-state index in [1.807, 2.05) is 0 Å². The van der Waals surface area contributed by atoms with E-state index in [1.54, 1.807) is 65.2 Å². The smallest absolute Gasteiger partial charge is 0.211 e. The van der Waals surface area contributed by atoms with Crippen LogP contribution in [0.1, 0.15) is 21.6 Å². The Kier molecular flexibility index (Phi) is 4.36. The molecule has 7 heteroatoms. The Morgan fingerprint density at radius 3 is 2.35 bits per heavy atom. The lowest BCUT2D eigenvalue weighted by Crippen LogP contribution is -2.08. The monoisotopic (exact) mass is 361 g/mol. The van der Waals surface area contributed by atoms with E-state index in [4.69, 9.17) is 33.6 Å². The average molecular weight is 362 g/mol. The summed E-state index contributed by atoms with van der Waals surface area (Å²) in [4.78, 5) is 13.0. The topological polar surface area (TPSA) is 121 Å². The molecule has 126 valence electrons. The number of allylic oxidation sites excluding steroid dienone is 1. The minimum Gasteiger partial charge on any atom is -0.396 e. The Hall–Kier alpha value is -3.74. The van der Waals surface area contributed by atoms with Crippen LogP contribution in [0.25, 0.3) is 11.2 Å². The van der Waals surface area contributed by atoms with Gasteiger partial charge in [-0.05, 0) is 36.4 Å². The Balaban J connectivity index is 2.32. The average Bonchev–Trinajstić information content (AvgIpc) is 2.94. The lowest BCUT2D eigenvalue weighted by molar-refractivity contribution is 0.103. The fraction of sp³-hybridized carbons (Fsp3) is 0. The number of benzene rings is 1. The molecular formula is C19H12ClN5O. The second kappa shape index (κ2) is 6.64. The van der Waals surface area contributed by atoms with Gasteiger partial charge in [-0.15, -0.1) is 0 Å². The number of hydrogen-bond donors (Lipinski definition) is 2. The Morgan fingerprint density at radius 1 is 1.08 bits per heavy atom. The predicted molar refractivity (Wildman–Crippen MR) is 99.0 cm³/mol. The first-order chi connectivity index (χ1) is 12.5. The first-order valence-electron chi connectivity index (χ1n) is 7.48. The van der Waals surface area contributed by atoms with Crippen molar-refractivity contribution in [2.45, 2.75) is 0 Å². The summed E-state index contributed by atoms with van der Waals surface area (Å²) in [6, 6.07) is 15.1. The molecule has 0 fully saturated rings. The molecule has 0 aliphatic carbocycles. The highest BCUT2D eigenvalue weighted by Gasteiger charge is 2.24. The Labute approximate surface area is 154 Å². The van der Waals surface area contributed by atoms with Gasteiger partial charge in [-0.2, -0.15) is 10.5 Å². The summed E-state index contributed by atoms with van der Waals surface area (Å²) in [5.74, 6) is -0.324. The number of nitrogens with two attached hydrogens (primary N) is 2. The SMILES string of the molecule is N#CC(C#N)=C(N)c1c(N)c(C(=O)c2ccc(Cl)cc2)n2ccccc12. The standard InChI is InChI=1S/C19H12ClN5O/c20-13-6-4-11(5-7-13)19(26)18-17(24)15(16(23)12(9-21)10-22)14-3-1-2-8-25(14)18/h1-8H,23-24H2. The van der Waals surface area contributed by atoms with Crippen molar-refractivity contribution in [3.05, 3.63) is 76.1 Å². The number of nitrogens with zero attached hydrogens (tertiary/aromatic N) is 3. The fourth-order valence-corrected chi connectivity index (χ4v) is 2.88. The highest BCUT2D eigenvalue weighted by molar-refractivity contribution is 6.30. The van der Waals surface area contributed by atoms with E-state index in [0.717, 1.165) is 0 Å². The van der Waals surface area contributed by atoms with Gasteiger partial charge in [-0.1, -0.05) is 17.7 Å². The molecular weight excluding hydrogens is 350 g/mol. The van der Waals surface area contributed by atoms with Crippen molar-refractivity contribution in [3.8, 4) is 12.1 Å². The predicted octanol–water partition coefficient (Wildman–Crippen LogP) is 3.12. The van der Waals surface area contributed by atoms with Gasteiger partial charge in [0.1, 0.15) is 17.8 Å². The Morgan fingerprint density at radius 2 is 1.73 bits per heavy atom. The number of carbonyl (C=O) groups is 1. The van der Waals surface area contributed by atoms with Crippen molar-refractivity contribution >= 4 is 34.3 Å². The van der Waals surface area contributed by atoms with Crippen molar-refractivity contribution < 1.29 is 4.79 Å². The molecule has 3 rings (SSSR count). The molecule has 0 radical (unpaired) electrons. The van der Waals surface area contributed by atoms with Gasteiger partial charge in [-0.25, -0.2) is 0 Å². The molecule has 0 bridgehead atoms. The van der Waals surface area contributed by atoms with Crippen LogP contribution >= 0.6 is 11.6 Å². The van der Waals surface area contributed by atoms with Gasteiger partial charge in [-0.3, -0.25) is 4.79 Å². The van der Waals surface area contributed by atoms with E-state index in [9.17, 15) is 4.79 Å². The zero-order valence-corrected chi connectivity index (χ0v) is 14.2. The van der Waals surface area contributed by atoms with Gasteiger partial charge < -0.3 is 15.9 Å². The maximum atomic E-state index is 13.0. The number of rotatable bonds is 3. The first kappa shape index (κ1) is 17.1. The zero-order chi connectivity index (χ0) is 18.8. The van der Waals surface area contributed by atoms with Gasteiger partial charge in [0.2, 0.25) is 5.78 Å². The van der Waals surface area contributed by atoms with Gasteiger partial charge >= 0.3 is 0 Å². The molecule has 26 heavy (non-hydrogen) atoms. The zero-order valence-electron chi connectivity index (χ0n) is 13.4. The molecule has 2 heterocycles. The number of nitriles is 2. The van der Waals surface area contributed by atoms with Crippen LogP contribution in [0.2, 0.25) is 5.02 Å². The van der Waals surface area contributed by atoms with E-state index in [2.05, 4.69) is 0 Å². The molecule has 0 amide bonds. The van der Waals surface area contributed by atoms with Crippen LogP contribution in [0.4, 0.5) is 5.69 Å². The first-order valence-corrected chi connectivity index (χ1v) is 7.86. The number of anilines is 1. The van der Waals surface area contributed by atoms with Crippen molar-refractivity contribution in [3.63, 3.8) is 0 Å². The summed E-state index contributed by atoms with van der Waals surface area (Å²) >= 11 is 5.88. The van der Waals surface area contributed by atoms with Gasteiger partial charge in [0, 0.05) is 22.3 Å². The van der Waals surface area contributed by atoms with Crippen LogP contribution in [0.5, 0.6) is 0 Å². The minimum absolute atomic E-state index is 0.0636. The van der Waals surface area contributed by atoms with Crippen LogP contribution in [0, 0.1) is 22.7 Å². The van der Waals surface area contributed by atoms with Gasteiger partial charge in [0.05, 0.1) is 16.9 Å². The Bertz CT molecular complexity index is 1130. The third-order valence-corrected chi connectivity index (χ3v) is 4.22. The van der Waals surface area contributed by atoms with E-state index >= 15 is 0 Å². The third kappa shape index (κ3) is 2.65. The number of ketones is 1. The maximum absolute atomic E-state index is 13.0. The third-order valence-electron chi connectivity index (χ3n) is 3.97. The summed E-state index contributed by atoms with van der Waals surface area (Å²) in [6.07, 6.45) is 1.67. The minimum atomic E-state index is -0.324. The molecule has 3 aromatic rings. The second-order valence-electron chi connectivity index (χ2n) is 5.44. The number of pyridine rings is 1. The molecule has 0 saturated carbocycles. The normalized spacial score (nSPS) is 10.1. The lowest BCUT2D eigenvalue weighted by atomic mass is 10.0. The van der Waals surface area contributed by atoms with E-state index in [0.29, 0.717) is 21.7 Å². The molecule has 0 unspecified atom stereocenters. The van der Waals surface area contributed by atoms with Crippen LogP contribution in [-0.2, 0) is 0 Å². The van der Waals surface area contributed by atoms with Crippen LogP contribution in [-0.4, -0.2) is 10.2 Å². The van der Waals surface area contributed by atoms with Crippen molar-refractivity contribution in [1.82, 2.24) is 4.40 Å². The van der Waals surface area contributed by atoms with E-state index in [-0.39, 0.29) is 28.4 Å². The summed E-state index contributed by atoms with van der Waals surface area (Å²) in [6.45, 7) is 0. The van der Waals surface area contributed by atoms with Crippen molar-refractivity contribution in [2.75, 3.05) is 5.73 Å². The summed E-state index contributed by atoms with van der Waals surface area (Å²) < 4.78 is 1.60.